The number of halogens is 2. The molecule has 9 heteroatoms. The monoisotopic (exact) mass is 730 g/mol. The summed E-state index contributed by atoms with van der Waals surface area (Å²) < 4.78 is -0.00895. The molecule has 0 aliphatic carbocycles. The first kappa shape index (κ1) is 33.8. The molecule has 1 aliphatic heterocycles. The van der Waals surface area contributed by atoms with Crippen molar-refractivity contribution < 1.29 is 9.59 Å². The minimum atomic E-state index is -0.188. The van der Waals surface area contributed by atoms with E-state index in [9.17, 15) is 9.59 Å². The van der Waals surface area contributed by atoms with Gasteiger partial charge in [-0.3, -0.25) is 9.59 Å². The van der Waals surface area contributed by atoms with Gasteiger partial charge in [-0.1, -0.05) is 13.8 Å². The van der Waals surface area contributed by atoms with E-state index in [1.807, 2.05) is 30.4 Å². The van der Waals surface area contributed by atoms with Gasteiger partial charge in [0.05, 0.1) is 6.04 Å². The number of Topliss-reactive ketones (excluding diaryl/α,β-unsaturated/α-hetero) is 2. The average Bonchev–Trinajstić information content (AvgIpc) is 2.80. The normalized spacial score (nSPS) is 18.8. The third-order valence-corrected chi connectivity index (χ3v) is 10.2. The fraction of sp³-hybridized carbons (Fsp3) is 0.913. The van der Waals surface area contributed by atoms with Crippen LogP contribution in [-0.2, 0) is 9.59 Å². The molecule has 1 saturated heterocycles. The molecular formula is C23H44I2N2O2S3. The van der Waals surface area contributed by atoms with Gasteiger partial charge >= 0.3 is 0 Å². The van der Waals surface area contributed by atoms with Crippen molar-refractivity contribution in [3.05, 3.63) is 0 Å². The number of hydrogen-bond donors (Lipinski definition) is 2. The maximum atomic E-state index is 12.9. The molecule has 1 fully saturated rings. The summed E-state index contributed by atoms with van der Waals surface area (Å²) in [6.45, 7) is 9.65. The van der Waals surface area contributed by atoms with E-state index in [0.29, 0.717) is 25.2 Å². The molecule has 32 heavy (non-hydrogen) atoms. The zero-order valence-corrected chi connectivity index (χ0v) is 27.4. The number of hydrogen-bond acceptors (Lipinski definition) is 7. The molecule has 3 atom stereocenters. The van der Waals surface area contributed by atoms with E-state index < -0.39 is 0 Å². The topological polar surface area (TPSA) is 72.2 Å². The van der Waals surface area contributed by atoms with E-state index in [-0.39, 0.29) is 33.2 Å². The summed E-state index contributed by atoms with van der Waals surface area (Å²) in [4.78, 5) is 25.7. The maximum Gasteiger partial charge on any atom is 0.151 e. The molecule has 0 aromatic heterocycles. The van der Waals surface area contributed by atoms with Crippen LogP contribution in [0.2, 0.25) is 0 Å². The SMILES string of the molecule is CSC1(CC(=O)C(C)CCCNC(C(=O)CC(C)CN)C(C)(C)SC)CCSCC1.II. The average molecular weight is 731 g/mol. The highest BCUT2D eigenvalue weighted by molar-refractivity contribution is 15.0. The van der Waals surface area contributed by atoms with Crippen molar-refractivity contribution in [1.82, 2.24) is 5.32 Å². The van der Waals surface area contributed by atoms with E-state index in [4.69, 9.17) is 5.73 Å². The summed E-state index contributed by atoms with van der Waals surface area (Å²) >= 11 is 9.86. The summed E-state index contributed by atoms with van der Waals surface area (Å²) in [5, 5.41) is 3.51. The molecule has 0 bridgehead atoms. The van der Waals surface area contributed by atoms with Crippen LogP contribution in [-0.4, -0.2) is 64.2 Å². The van der Waals surface area contributed by atoms with Crippen molar-refractivity contribution in [3.8, 4) is 0 Å². The van der Waals surface area contributed by atoms with Crippen LogP contribution in [0, 0.1) is 11.8 Å². The van der Waals surface area contributed by atoms with Crippen LogP contribution in [0.1, 0.15) is 66.2 Å². The molecule has 0 aromatic rings. The van der Waals surface area contributed by atoms with Crippen LogP contribution < -0.4 is 11.1 Å². The highest BCUT2D eigenvalue weighted by Gasteiger charge is 2.36. The van der Waals surface area contributed by atoms with Crippen molar-refractivity contribution in [1.29, 1.82) is 0 Å². The van der Waals surface area contributed by atoms with Gasteiger partial charge in [-0.15, -0.1) is 0 Å². The molecule has 4 nitrogen and oxygen atoms in total. The first-order chi connectivity index (χ1) is 15.1. The number of nitrogens with two attached hydrogens (primary N) is 1. The first-order valence-electron chi connectivity index (χ1n) is 11.4. The number of nitrogens with one attached hydrogen (secondary N) is 1. The summed E-state index contributed by atoms with van der Waals surface area (Å²) in [5.74, 6) is 3.30. The molecule has 0 aromatic carbocycles. The maximum absolute atomic E-state index is 12.9. The predicted octanol–water partition coefficient (Wildman–Crippen LogP) is 6.42. The van der Waals surface area contributed by atoms with Gasteiger partial charge < -0.3 is 11.1 Å². The van der Waals surface area contributed by atoms with Crippen LogP contribution in [0.25, 0.3) is 0 Å². The van der Waals surface area contributed by atoms with Gasteiger partial charge in [0, 0.05) is 65.5 Å². The third-order valence-electron chi connectivity index (χ3n) is 6.54. The van der Waals surface area contributed by atoms with Gasteiger partial charge in [0.1, 0.15) is 5.78 Å². The van der Waals surface area contributed by atoms with Gasteiger partial charge in [-0.25, -0.2) is 0 Å². The van der Waals surface area contributed by atoms with Crippen LogP contribution >= 0.6 is 72.5 Å². The standard InChI is InChI=1S/C23H44N2O2S3.I2/c1-17(16-24)14-19(26)21(22(3,4)28-5)25-11-7-8-18(2)20(27)15-23(29-6)9-12-30-13-10-23;1-2/h17-18,21,25H,7-16,24H2,1-6H3;. The van der Waals surface area contributed by atoms with E-state index >= 15 is 0 Å². The molecule has 3 unspecified atom stereocenters. The van der Waals surface area contributed by atoms with Crippen LogP contribution in [0.5, 0.6) is 0 Å². The number of thioether (sulfide) groups is 3. The van der Waals surface area contributed by atoms with Crippen LogP contribution in [0.3, 0.4) is 0 Å². The Balaban J connectivity index is 0.00000466. The molecule has 1 heterocycles. The predicted molar refractivity (Wildman–Crippen MR) is 166 cm³/mol. The summed E-state index contributed by atoms with van der Waals surface area (Å²) in [5.41, 5.74) is 5.72. The smallest absolute Gasteiger partial charge is 0.151 e. The molecule has 0 radical (unpaired) electrons. The second-order valence-electron chi connectivity index (χ2n) is 9.39. The number of carbonyl (C=O) groups excluding carboxylic acids is 2. The Morgan fingerprint density at radius 2 is 1.75 bits per heavy atom. The second-order valence-corrected chi connectivity index (χ2v) is 13.4. The van der Waals surface area contributed by atoms with Gasteiger partial charge in [-0.2, -0.15) is 35.3 Å². The summed E-state index contributed by atoms with van der Waals surface area (Å²) in [6, 6.07) is -0.188. The van der Waals surface area contributed by atoms with Crippen molar-refractivity contribution in [3.63, 3.8) is 0 Å². The van der Waals surface area contributed by atoms with E-state index in [0.717, 1.165) is 32.2 Å². The Morgan fingerprint density at radius 1 is 1.16 bits per heavy atom. The van der Waals surface area contributed by atoms with Gasteiger partial charge in [0.2, 0.25) is 0 Å². The number of rotatable bonds is 15. The van der Waals surface area contributed by atoms with E-state index in [1.54, 1.807) is 11.8 Å². The molecule has 3 N–H and O–H groups in total. The lowest BCUT2D eigenvalue weighted by Crippen LogP contribution is -2.51. The van der Waals surface area contributed by atoms with Crippen molar-refractivity contribution in [2.24, 2.45) is 17.6 Å². The molecular weight excluding hydrogens is 686 g/mol. The first-order valence-corrected chi connectivity index (χ1v) is 21.3. The highest BCUT2D eigenvalue weighted by atomic mass is 128. The van der Waals surface area contributed by atoms with Crippen LogP contribution in [0.15, 0.2) is 0 Å². The van der Waals surface area contributed by atoms with Crippen molar-refractivity contribution in [2.45, 2.75) is 81.8 Å². The fourth-order valence-corrected chi connectivity index (χ4v) is 6.80. The molecule has 0 spiro atoms. The lowest BCUT2D eigenvalue weighted by molar-refractivity contribution is -0.124. The van der Waals surface area contributed by atoms with Crippen LogP contribution in [0.4, 0.5) is 0 Å². The van der Waals surface area contributed by atoms with E-state index in [2.05, 4.69) is 75.8 Å². The number of ketones is 2. The zero-order chi connectivity index (χ0) is 24.8. The Labute approximate surface area is 233 Å². The van der Waals surface area contributed by atoms with E-state index in [1.165, 1.54) is 11.5 Å². The Bertz CT molecular complexity index is 547. The fourth-order valence-electron chi connectivity index (χ4n) is 3.91. The number of carbonyl (C=O) groups is 2. The molecule has 1 aliphatic rings. The third kappa shape index (κ3) is 12.1. The second kappa shape index (κ2) is 18.1. The van der Waals surface area contributed by atoms with Gasteiger partial charge in [0.25, 0.3) is 0 Å². The largest absolute Gasteiger partial charge is 0.330 e. The van der Waals surface area contributed by atoms with Crippen molar-refractivity contribution in [2.75, 3.05) is 37.1 Å². The Morgan fingerprint density at radius 3 is 2.25 bits per heavy atom. The minimum Gasteiger partial charge on any atom is -0.330 e. The minimum absolute atomic E-state index is 0.0883. The van der Waals surface area contributed by atoms with Crippen molar-refractivity contribution >= 4 is 84.1 Å². The molecule has 190 valence electrons. The zero-order valence-electron chi connectivity index (χ0n) is 20.7. The van der Waals surface area contributed by atoms with Gasteiger partial charge in [-0.05, 0) is 82.6 Å². The summed E-state index contributed by atoms with van der Waals surface area (Å²) in [7, 11) is 0. The highest BCUT2D eigenvalue weighted by Crippen LogP contribution is 2.41. The molecule has 1 rings (SSSR count). The Kier molecular flexibility index (Phi) is 19.1. The molecule has 0 amide bonds. The summed E-state index contributed by atoms with van der Waals surface area (Å²) in [6.07, 6.45) is 9.53. The quantitative estimate of drug-likeness (QED) is 0.149. The lowest BCUT2D eigenvalue weighted by atomic mass is 9.88. The molecule has 0 saturated carbocycles. The Hall–Kier alpha value is 1.77. The van der Waals surface area contributed by atoms with Gasteiger partial charge in [0.15, 0.2) is 5.78 Å². The lowest BCUT2D eigenvalue weighted by Gasteiger charge is -2.35.